The van der Waals surface area contributed by atoms with Crippen molar-refractivity contribution >= 4 is 16.1 Å². The van der Waals surface area contributed by atoms with E-state index in [4.69, 9.17) is 4.74 Å². The molecule has 0 radical (unpaired) electrons. The SMILES string of the molecule is Cc1ccc(S(=O)(=O)N2C[C@@H](O)[C@H](C(NC(=O)OC(C)(C)C)c3ccc(F)cc3)C2)cc1. The van der Waals surface area contributed by atoms with Gasteiger partial charge in [-0.3, -0.25) is 0 Å². The van der Waals surface area contributed by atoms with Gasteiger partial charge in [0, 0.05) is 19.0 Å². The van der Waals surface area contributed by atoms with E-state index < -0.39 is 45.6 Å². The number of aliphatic hydroxyl groups excluding tert-OH is 1. The van der Waals surface area contributed by atoms with Crippen LogP contribution in [0.5, 0.6) is 0 Å². The number of aliphatic hydroxyl groups is 1. The van der Waals surface area contributed by atoms with Gasteiger partial charge in [0.15, 0.2) is 0 Å². The Bertz CT molecular complexity index is 1050. The van der Waals surface area contributed by atoms with E-state index in [1.165, 1.54) is 40.7 Å². The Labute approximate surface area is 188 Å². The van der Waals surface area contributed by atoms with E-state index in [2.05, 4.69) is 5.32 Å². The first kappa shape index (κ1) is 24.2. The molecule has 2 N–H and O–H groups in total. The van der Waals surface area contributed by atoms with Crippen molar-refractivity contribution < 1.29 is 27.4 Å². The van der Waals surface area contributed by atoms with E-state index >= 15 is 0 Å². The summed E-state index contributed by atoms with van der Waals surface area (Å²) in [6.45, 7) is 6.89. The normalized spacial score (nSPS) is 20.7. The van der Waals surface area contributed by atoms with Gasteiger partial charge in [-0.2, -0.15) is 4.31 Å². The van der Waals surface area contributed by atoms with Gasteiger partial charge in [0.1, 0.15) is 11.4 Å². The zero-order valence-corrected chi connectivity index (χ0v) is 19.4. The summed E-state index contributed by atoms with van der Waals surface area (Å²) < 4.78 is 46.2. The number of hydrogen-bond donors (Lipinski definition) is 2. The second-order valence-electron chi connectivity index (χ2n) is 9.04. The van der Waals surface area contributed by atoms with Crippen LogP contribution in [0.1, 0.15) is 37.9 Å². The van der Waals surface area contributed by atoms with Crippen molar-refractivity contribution in [1.29, 1.82) is 0 Å². The number of benzene rings is 2. The maximum Gasteiger partial charge on any atom is 0.408 e. The van der Waals surface area contributed by atoms with Gasteiger partial charge in [0.2, 0.25) is 10.0 Å². The van der Waals surface area contributed by atoms with Crippen molar-refractivity contribution in [3.8, 4) is 0 Å². The summed E-state index contributed by atoms with van der Waals surface area (Å²) in [5, 5.41) is 13.5. The number of β-amino-alcohol motifs (C(OH)–C–C–N with tert-alkyl or cyclic N) is 1. The van der Waals surface area contributed by atoms with Gasteiger partial charge in [-0.05, 0) is 57.5 Å². The Hall–Kier alpha value is -2.49. The van der Waals surface area contributed by atoms with Crippen LogP contribution in [0.2, 0.25) is 0 Å². The minimum atomic E-state index is -3.83. The second-order valence-corrected chi connectivity index (χ2v) is 11.0. The van der Waals surface area contributed by atoms with Gasteiger partial charge >= 0.3 is 6.09 Å². The molecule has 1 fully saturated rings. The van der Waals surface area contributed by atoms with Crippen molar-refractivity contribution in [3.63, 3.8) is 0 Å². The number of ether oxygens (including phenoxy) is 1. The number of carbonyl (C=O) groups excluding carboxylic acids is 1. The Kier molecular flexibility index (Phi) is 6.92. The summed E-state index contributed by atoms with van der Waals surface area (Å²) in [5.41, 5.74) is 0.726. The lowest BCUT2D eigenvalue weighted by Crippen LogP contribution is -2.41. The Morgan fingerprint density at radius 2 is 1.72 bits per heavy atom. The predicted octanol–water partition coefficient (Wildman–Crippen LogP) is 3.38. The van der Waals surface area contributed by atoms with Gasteiger partial charge in [0.25, 0.3) is 0 Å². The van der Waals surface area contributed by atoms with E-state index in [1.54, 1.807) is 32.9 Å². The first-order valence-corrected chi connectivity index (χ1v) is 11.8. The molecule has 32 heavy (non-hydrogen) atoms. The smallest absolute Gasteiger partial charge is 0.408 e. The highest BCUT2D eigenvalue weighted by Gasteiger charge is 2.43. The summed E-state index contributed by atoms with van der Waals surface area (Å²) in [7, 11) is -3.83. The minimum Gasteiger partial charge on any atom is -0.444 e. The third-order valence-corrected chi connectivity index (χ3v) is 7.13. The topological polar surface area (TPSA) is 95.9 Å². The molecule has 1 saturated heterocycles. The van der Waals surface area contributed by atoms with Crippen LogP contribution in [0.4, 0.5) is 9.18 Å². The molecule has 0 saturated carbocycles. The van der Waals surface area contributed by atoms with E-state index in [0.29, 0.717) is 5.56 Å². The van der Waals surface area contributed by atoms with Gasteiger partial charge in [-0.1, -0.05) is 29.8 Å². The highest BCUT2D eigenvalue weighted by Crippen LogP contribution is 2.34. The molecule has 7 nitrogen and oxygen atoms in total. The van der Waals surface area contributed by atoms with E-state index in [-0.39, 0.29) is 18.0 Å². The molecule has 1 aliphatic rings. The zero-order valence-electron chi connectivity index (χ0n) is 18.6. The molecule has 0 spiro atoms. The van der Waals surface area contributed by atoms with E-state index in [0.717, 1.165) is 5.56 Å². The molecule has 9 heteroatoms. The molecule has 3 atom stereocenters. The number of halogens is 1. The fraction of sp³-hybridized carbons (Fsp3) is 0.435. The number of rotatable bonds is 5. The number of amides is 1. The fourth-order valence-electron chi connectivity index (χ4n) is 3.70. The van der Waals surface area contributed by atoms with Crippen LogP contribution in [-0.2, 0) is 14.8 Å². The molecule has 0 aliphatic carbocycles. The largest absolute Gasteiger partial charge is 0.444 e. The van der Waals surface area contributed by atoms with Gasteiger partial charge in [-0.25, -0.2) is 17.6 Å². The van der Waals surface area contributed by atoms with E-state index in [1.807, 2.05) is 6.92 Å². The maximum atomic E-state index is 13.5. The third-order valence-electron chi connectivity index (χ3n) is 5.29. The molecule has 0 aromatic heterocycles. The molecule has 0 bridgehead atoms. The molecule has 1 unspecified atom stereocenters. The molecule has 1 aliphatic heterocycles. The molecule has 1 amide bonds. The number of nitrogens with zero attached hydrogens (tertiary/aromatic N) is 1. The van der Waals surface area contributed by atoms with Crippen LogP contribution in [0, 0.1) is 18.7 Å². The molecule has 1 heterocycles. The van der Waals surface area contributed by atoms with Crippen molar-refractivity contribution in [2.75, 3.05) is 13.1 Å². The van der Waals surface area contributed by atoms with Crippen molar-refractivity contribution in [3.05, 3.63) is 65.5 Å². The number of nitrogens with one attached hydrogen (secondary N) is 1. The monoisotopic (exact) mass is 464 g/mol. The highest BCUT2D eigenvalue weighted by atomic mass is 32.2. The molecule has 2 aromatic carbocycles. The summed E-state index contributed by atoms with van der Waals surface area (Å²) in [6.07, 6.45) is -1.75. The number of sulfonamides is 1. The van der Waals surface area contributed by atoms with Gasteiger partial charge < -0.3 is 15.2 Å². The first-order valence-electron chi connectivity index (χ1n) is 10.4. The Balaban J connectivity index is 1.88. The zero-order chi connectivity index (χ0) is 23.7. The van der Waals surface area contributed by atoms with E-state index in [9.17, 15) is 22.7 Å². The van der Waals surface area contributed by atoms with Crippen LogP contribution in [0.3, 0.4) is 0 Å². The van der Waals surface area contributed by atoms with Crippen molar-refractivity contribution in [1.82, 2.24) is 9.62 Å². The van der Waals surface area contributed by atoms with Crippen LogP contribution in [0.25, 0.3) is 0 Å². The lowest BCUT2D eigenvalue weighted by Gasteiger charge is -2.29. The van der Waals surface area contributed by atoms with Gasteiger partial charge in [-0.15, -0.1) is 0 Å². The lowest BCUT2D eigenvalue weighted by atomic mass is 9.90. The number of alkyl carbamates (subject to hydrolysis) is 1. The summed E-state index contributed by atoms with van der Waals surface area (Å²) in [4.78, 5) is 12.6. The number of hydrogen-bond acceptors (Lipinski definition) is 5. The quantitative estimate of drug-likeness (QED) is 0.707. The Morgan fingerprint density at radius 1 is 1.12 bits per heavy atom. The molecule has 3 rings (SSSR count). The molecule has 174 valence electrons. The number of carbonyl (C=O) groups is 1. The van der Waals surface area contributed by atoms with Crippen LogP contribution >= 0.6 is 0 Å². The summed E-state index contributed by atoms with van der Waals surface area (Å²) in [5.74, 6) is -1.10. The Morgan fingerprint density at radius 3 is 2.28 bits per heavy atom. The average molecular weight is 465 g/mol. The van der Waals surface area contributed by atoms with Crippen LogP contribution in [-0.4, -0.2) is 48.7 Å². The fourth-order valence-corrected chi connectivity index (χ4v) is 5.20. The van der Waals surface area contributed by atoms with Crippen molar-refractivity contribution in [2.24, 2.45) is 5.92 Å². The summed E-state index contributed by atoms with van der Waals surface area (Å²) >= 11 is 0. The first-order chi connectivity index (χ1) is 14.9. The highest BCUT2D eigenvalue weighted by molar-refractivity contribution is 7.89. The predicted molar refractivity (Wildman–Crippen MR) is 118 cm³/mol. The molecular formula is C23H29FN2O5S. The van der Waals surface area contributed by atoms with Crippen LogP contribution in [0.15, 0.2) is 53.4 Å². The summed E-state index contributed by atoms with van der Waals surface area (Å²) in [6, 6.07) is 11.2. The standard InChI is InChI=1S/C23H29FN2O5S/c1-15-5-11-18(12-6-15)32(29,30)26-13-19(20(27)14-26)21(16-7-9-17(24)10-8-16)25-22(28)31-23(2,3)4/h5-12,19-21,27H,13-14H2,1-4H3,(H,25,28)/t19-,20-,21?/m1/s1. The molecule has 2 aromatic rings. The maximum absolute atomic E-state index is 13.5. The van der Waals surface area contributed by atoms with Gasteiger partial charge in [0.05, 0.1) is 17.0 Å². The number of aryl methyl sites for hydroxylation is 1. The average Bonchev–Trinajstić information content (AvgIpc) is 3.08. The lowest BCUT2D eigenvalue weighted by molar-refractivity contribution is 0.0451. The molecular weight excluding hydrogens is 435 g/mol. The second kappa shape index (κ2) is 9.17. The third kappa shape index (κ3) is 5.65. The van der Waals surface area contributed by atoms with Crippen molar-refractivity contribution in [2.45, 2.75) is 50.3 Å². The minimum absolute atomic E-state index is 0.0186. The van der Waals surface area contributed by atoms with Crippen LogP contribution < -0.4 is 5.32 Å².